The van der Waals surface area contributed by atoms with Gasteiger partial charge in [0.2, 0.25) is 5.91 Å². The third kappa shape index (κ3) is 1.80. The van der Waals surface area contributed by atoms with Crippen molar-refractivity contribution in [2.45, 2.75) is 6.42 Å². The highest BCUT2D eigenvalue weighted by molar-refractivity contribution is 6.34. The van der Waals surface area contributed by atoms with E-state index in [1.165, 1.54) is 23.1 Å². The Bertz CT molecular complexity index is 444. The van der Waals surface area contributed by atoms with Crippen LogP contribution in [-0.4, -0.2) is 23.3 Å². The summed E-state index contributed by atoms with van der Waals surface area (Å²) in [7, 11) is 0. The van der Waals surface area contributed by atoms with Gasteiger partial charge in [0, 0.05) is 6.07 Å². The largest absolute Gasteiger partial charge is 0.508 e. The van der Waals surface area contributed by atoms with Crippen molar-refractivity contribution in [3.63, 3.8) is 0 Å². The lowest BCUT2D eigenvalue weighted by atomic mass is 10.3. The van der Waals surface area contributed by atoms with E-state index in [9.17, 15) is 14.7 Å². The molecular formula is C10H8ClNO3. The maximum atomic E-state index is 11.4. The first-order valence-electron chi connectivity index (χ1n) is 4.38. The van der Waals surface area contributed by atoms with Crippen LogP contribution in [-0.2, 0) is 9.59 Å². The van der Waals surface area contributed by atoms with Gasteiger partial charge in [-0.1, -0.05) is 11.6 Å². The van der Waals surface area contributed by atoms with Crippen molar-refractivity contribution in [2.75, 3.05) is 11.4 Å². The molecular weight excluding hydrogens is 218 g/mol. The van der Waals surface area contributed by atoms with Gasteiger partial charge >= 0.3 is 0 Å². The van der Waals surface area contributed by atoms with Crippen molar-refractivity contribution in [3.8, 4) is 5.75 Å². The summed E-state index contributed by atoms with van der Waals surface area (Å²) in [6, 6.07) is 4.29. The van der Waals surface area contributed by atoms with Crippen LogP contribution in [0.2, 0.25) is 5.02 Å². The average Bonchev–Trinajstić information content (AvgIpc) is 2.50. The number of phenols is 1. The Labute approximate surface area is 91.1 Å². The zero-order valence-electron chi connectivity index (χ0n) is 7.74. The lowest BCUT2D eigenvalue weighted by molar-refractivity contribution is -0.121. The lowest BCUT2D eigenvalue weighted by Crippen LogP contribution is -2.24. The maximum absolute atomic E-state index is 11.4. The molecule has 1 saturated heterocycles. The van der Waals surface area contributed by atoms with Gasteiger partial charge in [0.1, 0.15) is 5.75 Å². The zero-order valence-corrected chi connectivity index (χ0v) is 8.49. The molecule has 1 heterocycles. The normalized spacial score (nSPS) is 16.2. The van der Waals surface area contributed by atoms with Crippen LogP contribution in [0.1, 0.15) is 6.42 Å². The summed E-state index contributed by atoms with van der Waals surface area (Å²) in [4.78, 5) is 23.8. The Balaban J connectivity index is 2.41. The van der Waals surface area contributed by atoms with Gasteiger partial charge in [-0.2, -0.15) is 0 Å². The van der Waals surface area contributed by atoms with E-state index < -0.39 is 0 Å². The number of hydrogen-bond donors (Lipinski definition) is 1. The standard InChI is InChI=1S/C10H8ClNO3/c11-8-2-1-6(13)3-9(8)12-5-7(14)4-10(12)15/h1-3,13H,4-5H2. The number of amides is 1. The van der Waals surface area contributed by atoms with Crippen LogP contribution in [0.3, 0.4) is 0 Å². The topological polar surface area (TPSA) is 57.6 Å². The Kier molecular flexibility index (Phi) is 2.36. The summed E-state index contributed by atoms with van der Waals surface area (Å²) < 4.78 is 0. The Hall–Kier alpha value is -1.55. The summed E-state index contributed by atoms with van der Waals surface area (Å²) >= 11 is 5.87. The molecule has 1 aromatic rings. The Morgan fingerprint density at radius 3 is 2.67 bits per heavy atom. The number of Topliss-reactive ketones (excluding diaryl/α,β-unsaturated/α-hetero) is 1. The first-order valence-corrected chi connectivity index (χ1v) is 4.76. The highest BCUT2D eigenvalue weighted by Crippen LogP contribution is 2.31. The minimum atomic E-state index is -0.285. The fourth-order valence-corrected chi connectivity index (χ4v) is 1.73. The third-order valence-electron chi connectivity index (χ3n) is 2.20. The number of carbonyl (C=O) groups is 2. The van der Waals surface area contributed by atoms with Crippen molar-refractivity contribution < 1.29 is 14.7 Å². The van der Waals surface area contributed by atoms with Gasteiger partial charge in [-0.3, -0.25) is 9.59 Å². The van der Waals surface area contributed by atoms with E-state index in [-0.39, 0.29) is 30.4 Å². The highest BCUT2D eigenvalue weighted by atomic mass is 35.5. The van der Waals surface area contributed by atoms with E-state index in [4.69, 9.17) is 11.6 Å². The van der Waals surface area contributed by atoms with E-state index >= 15 is 0 Å². The number of aromatic hydroxyl groups is 1. The fourth-order valence-electron chi connectivity index (χ4n) is 1.51. The maximum Gasteiger partial charge on any atom is 0.234 e. The second-order valence-electron chi connectivity index (χ2n) is 3.33. The van der Waals surface area contributed by atoms with Gasteiger partial charge in [0.05, 0.1) is 23.7 Å². The summed E-state index contributed by atoms with van der Waals surface area (Å²) in [6.45, 7) is 0.0298. The van der Waals surface area contributed by atoms with Gasteiger partial charge in [-0.25, -0.2) is 0 Å². The van der Waals surface area contributed by atoms with Gasteiger partial charge in [0.15, 0.2) is 5.78 Å². The summed E-state index contributed by atoms with van der Waals surface area (Å²) in [5.74, 6) is -0.409. The second kappa shape index (κ2) is 3.55. The van der Waals surface area contributed by atoms with Crippen LogP contribution in [0.15, 0.2) is 18.2 Å². The number of nitrogens with zero attached hydrogens (tertiary/aromatic N) is 1. The quantitative estimate of drug-likeness (QED) is 0.734. The predicted molar refractivity (Wildman–Crippen MR) is 55.1 cm³/mol. The molecule has 0 aromatic heterocycles. The van der Waals surface area contributed by atoms with E-state index in [1.807, 2.05) is 0 Å². The van der Waals surface area contributed by atoms with E-state index in [0.717, 1.165) is 0 Å². The highest BCUT2D eigenvalue weighted by Gasteiger charge is 2.29. The molecule has 0 spiro atoms. The summed E-state index contributed by atoms with van der Waals surface area (Å²) in [5, 5.41) is 9.61. The average molecular weight is 226 g/mol. The number of rotatable bonds is 1. The van der Waals surface area contributed by atoms with Gasteiger partial charge in [-0.05, 0) is 12.1 Å². The predicted octanol–water partition coefficient (Wildman–Crippen LogP) is 1.35. The van der Waals surface area contributed by atoms with Crippen LogP contribution < -0.4 is 4.90 Å². The number of phenolic OH excluding ortho intramolecular Hbond substituents is 1. The zero-order chi connectivity index (χ0) is 11.0. The third-order valence-corrected chi connectivity index (χ3v) is 2.52. The molecule has 5 heteroatoms. The molecule has 0 atom stereocenters. The lowest BCUT2D eigenvalue weighted by Gasteiger charge is -2.16. The molecule has 0 unspecified atom stereocenters. The van der Waals surface area contributed by atoms with E-state index in [1.54, 1.807) is 0 Å². The minimum absolute atomic E-state index is 0.0153. The Morgan fingerprint density at radius 1 is 1.33 bits per heavy atom. The number of ketones is 1. The smallest absolute Gasteiger partial charge is 0.234 e. The van der Waals surface area contributed by atoms with Gasteiger partial charge < -0.3 is 10.0 Å². The van der Waals surface area contributed by atoms with Crippen LogP contribution in [0.4, 0.5) is 5.69 Å². The molecule has 1 fully saturated rings. The van der Waals surface area contributed by atoms with Crippen LogP contribution >= 0.6 is 11.6 Å². The first-order chi connectivity index (χ1) is 7.08. The number of carbonyl (C=O) groups excluding carboxylic acids is 2. The summed E-state index contributed by atoms with van der Waals surface area (Å²) in [5.41, 5.74) is 0.382. The molecule has 0 saturated carbocycles. The summed E-state index contributed by atoms with van der Waals surface area (Å²) in [6.07, 6.45) is -0.0913. The molecule has 1 N–H and O–H groups in total. The molecule has 0 bridgehead atoms. The van der Waals surface area contributed by atoms with E-state index in [0.29, 0.717) is 10.7 Å². The van der Waals surface area contributed by atoms with Crippen molar-refractivity contribution in [2.24, 2.45) is 0 Å². The molecule has 0 aliphatic carbocycles. The molecule has 2 rings (SSSR count). The number of anilines is 1. The molecule has 15 heavy (non-hydrogen) atoms. The van der Waals surface area contributed by atoms with Crippen LogP contribution in [0, 0.1) is 0 Å². The van der Waals surface area contributed by atoms with Crippen LogP contribution in [0.5, 0.6) is 5.75 Å². The van der Waals surface area contributed by atoms with Gasteiger partial charge in [-0.15, -0.1) is 0 Å². The minimum Gasteiger partial charge on any atom is -0.508 e. The number of halogens is 1. The second-order valence-corrected chi connectivity index (χ2v) is 3.74. The SMILES string of the molecule is O=C1CC(=O)N(c2cc(O)ccc2Cl)C1. The number of benzene rings is 1. The van der Waals surface area contributed by atoms with Crippen molar-refractivity contribution in [3.05, 3.63) is 23.2 Å². The van der Waals surface area contributed by atoms with Gasteiger partial charge in [0.25, 0.3) is 0 Å². The first kappa shape index (κ1) is 9.98. The van der Waals surface area contributed by atoms with E-state index in [2.05, 4.69) is 0 Å². The van der Waals surface area contributed by atoms with Crippen molar-refractivity contribution in [1.82, 2.24) is 0 Å². The number of hydrogen-bond acceptors (Lipinski definition) is 3. The van der Waals surface area contributed by atoms with Crippen LogP contribution in [0.25, 0.3) is 0 Å². The van der Waals surface area contributed by atoms with Crippen molar-refractivity contribution in [1.29, 1.82) is 0 Å². The molecule has 4 nitrogen and oxygen atoms in total. The molecule has 1 aromatic carbocycles. The Morgan fingerprint density at radius 2 is 2.07 bits per heavy atom. The molecule has 78 valence electrons. The monoisotopic (exact) mass is 225 g/mol. The molecule has 1 amide bonds. The van der Waals surface area contributed by atoms with Crippen molar-refractivity contribution >= 4 is 29.0 Å². The molecule has 0 radical (unpaired) electrons. The molecule has 1 aliphatic rings. The fraction of sp³-hybridized carbons (Fsp3) is 0.200. The molecule has 1 aliphatic heterocycles.